The van der Waals surface area contributed by atoms with Crippen LogP contribution in [0.3, 0.4) is 0 Å². The molecule has 0 amide bonds. The summed E-state index contributed by atoms with van der Waals surface area (Å²) in [6.07, 6.45) is 2.34. The number of ether oxygens (including phenoxy) is 1. The fraction of sp³-hybridized carbons (Fsp3) is 0.538. The Kier molecular flexibility index (Phi) is 4.40. The summed E-state index contributed by atoms with van der Waals surface area (Å²) in [7, 11) is 1.72. The third-order valence-electron chi connectivity index (χ3n) is 3.22. The second-order valence-electron chi connectivity index (χ2n) is 4.37. The Hall–Kier alpha value is -0.610. The molecule has 1 fully saturated rings. The van der Waals surface area contributed by atoms with Crippen molar-refractivity contribution in [3.05, 3.63) is 29.6 Å². The van der Waals surface area contributed by atoms with E-state index in [1.54, 1.807) is 13.2 Å². The van der Waals surface area contributed by atoms with Gasteiger partial charge in [-0.05, 0) is 30.5 Å². The van der Waals surface area contributed by atoms with Gasteiger partial charge in [0.15, 0.2) is 0 Å². The second-order valence-corrected chi connectivity index (χ2v) is 4.93. The van der Waals surface area contributed by atoms with Crippen LogP contribution in [-0.4, -0.2) is 26.3 Å². The number of methoxy groups -OCH3 is 1. The van der Waals surface area contributed by atoms with E-state index in [1.807, 2.05) is 12.1 Å². The standard InChI is InChI=1S/C13H17BrFNO/c1-17-11-3-2-6-16(9-11)13-5-4-10(8-14)7-12(13)15/h4-5,7,11H,2-3,6,8-9H2,1H3. The second kappa shape index (κ2) is 5.83. The number of rotatable bonds is 3. The first kappa shape index (κ1) is 12.8. The zero-order chi connectivity index (χ0) is 12.3. The quantitative estimate of drug-likeness (QED) is 0.794. The number of nitrogens with zero attached hydrogens (tertiary/aromatic N) is 1. The van der Waals surface area contributed by atoms with Crippen molar-refractivity contribution in [1.29, 1.82) is 0 Å². The van der Waals surface area contributed by atoms with E-state index in [1.165, 1.54) is 0 Å². The first-order valence-electron chi connectivity index (χ1n) is 5.86. The van der Waals surface area contributed by atoms with Crippen molar-refractivity contribution in [3.63, 3.8) is 0 Å². The van der Waals surface area contributed by atoms with Crippen molar-refractivity contribution in [1.82, 2.24) is 0 Å². The predicted octanol–water partition coefficient (Wildman–Crippen LogP) is 3.34. The van der Waals surface area contributed by atoms with Crippen LogP contribution in [0.15, 0.2) is 18.2 Å². The molecular formula is C13H17BrFNO. The maximum absolute atomic E-state index is 13.9. The zero-order valence-corrected chi connectivity index (χ0v) is 11.5. The Morgan fingerprint density at radius 2 is 2.35 bits per heavy atom. The van der Waals surface area contributed by atoms with Crippen molar-refractivity contribution in [2.45, 2.75) is 24.3 Å². The van der Waals surface area contributed by atoms with Crippen molar-refractivity contribution < 1.29 is 9.13 Å². The predicted molar refractivity (Wildman–Crippen MR) is 71.3 cm³/mol. The summed E-state index contributed by atoms with van der Waals surface area (Å²) in [5.74, 6) is -0.140. The Bertz CT molecular complexity index is 386. The van der Waals surface area contributed by atoms with E-state index in [9.17, 15) is 4.39 Å². The average molecular weight is 302 g/mol. The topological polar surface area (TPSA) is 12.5 Å². The summed E-state index contributed by atoms with van der Waals surface area (Å²) in [6, 6.07) is 5.42. The Labute approximate surface area is 110 Å². The molecular weight excluding hydrogens is 285 g/mol. The maximum atomic E-state index is 13.9. The Morgan fingerprint density at radius 3 is 3.00 bits per heavy atom. The van der Waals surface area contributed by atoms with Gasteiger partial charge >= 0.3 is 0 Å². The lowest BCUT2D eigenvalue weighted by Crippen LogP contribution is -2.39. The summed E-state index contributed by atoms with van der Waals surface area (Å²) >= 11 is 3.33. The first-order valence-corrected chi connectivity index (χ1v) is 6.99. The van der Waals surface area contributed by atoms with Crippen molar-refractivity contribution in [3.8, 4) is 0 Å². The molecule has 1 aromatic rings. The lowest BCUT2D eigenvalue weighted by molar-refractivity contribution is 0.0892. The molecule has 17 heavy (non-hydrogen) atoms. The summed E-state index contributed by atoms with van der Waals surface area (Å²) < 4.78 is 19.3. The van der Waals surface area contributed by atoms with Crippen LogP contribution in [0.2, 0.25) is 0 Å². The fourth-order valence-electron chi connectivity index (χ4n) is 2.24. The smallest absolute Gasteiger partial charge is 0.146 e. The molecule has 0 saturated carbocycles. The van der Waals surface area contributed by atoms with E-state index >= 15 is 0 Å². The summed E-state index contributed by atoms with van der Waals surface area (Å²) in [5, 5.41) is 0.685. The molecule has 1 aliphatic rings. The van der Waals surface area contributed by atoms with Gasteiger partial charge in [0.2, 0.25) is 0 Å². The third kappa shape index (κ3) is 2.99. The zero-order valence-electron chi connectivity index (χ0n) is 9.96. The molecule has 1 heterocycles. The monoisotopic (exact) mass is 301 g/mol. The van der Waals surface area contributed by atoms with Crippen molar-refractivity contribution in [2.75, 3.05) is 25.1 Å². The molecule has 0 aliphatic carbocycles. The fourth-order valence-corrected chi connectivity index (χ4v) is 2.59. The summed E-state index contributed by atoms with van der Waals surface area (Å²) in [6.45, 7) is 1.69. The minimum Gasteiger partial charge on any atom is -0.380 e. The van der Waals surface area contributed by atoms with Gasteiger partial charge in [0, 0.05) is 25.5 Å². The maximum Gasteiger partial charge on any atom is 0.146 e. The van der Waals surface area contributed by atoms with Crippen LogP contribution in [0.1, 0.15) is 18.4 Å². The van der Waals surface area contributed by atoms with Crippen molar-refractivity contribution >= 4 is 21.6 Å². The van der Waals surface area contributed by atoms with Crippen LogP contribution in [0, 0.1) is 5.82 Å². The minimum atomic E-state index is -0.140. The van der Waals surface area contributed by atoms with E-state index in [2.05, 4.69) is 20.8 Å². The van der Waals surface area contributed by atoms with Crippen molar-refractivity contribution in [2.24, 2.45) is 0 Å². The molecule has 1 unspecified atom stereocenters. The summed E-state index contributed by atoms with van der Waals surface area (Å²) in [4.78, 5) is 2.07. The molecule has 4 heteroatoms. The van der Waals surface area contributed by atoms with Crippen LogP contribution in [0.25, 0.3) is 0 Å². The molecule has 2 nitrogen and oxygen atoms in total. The number of anilines is 1. The third-order valence-corrected chi connectivity index (χ3v) is 3.87. The summed E-state index contributed by atoms with van der Waals surface area (Å²) in [5.41, 5.74) is 1.66. The van der Waals surface area contributed by atoms with Crippen LogP contribution in [-0.2, 0) is 10.1 Å². The highest BCUT2D eigenvalue weighted by Gasteiger charge is 2.21. The molecule has 0 spiro atoms. The van der Waals surface area contributed by atoms with Gasteiger partial charge in [-0.25, -0.2) is 4.39 Å². The highest BCUT2D eigenvalue weighted by atomic mass is 79.9. The average Bonchev–Trinajstić information content (AvgIpc) is 2.38. The molecule has 0 N–H and O–H groups in total. The van der Waals surface area contributed by atoms with E-state index in [0.717, 1.165) is 31.5 Å². The van der Waals surface area contributed by atoms with E-state index in [0.29, 0.717) is 11.0 Å². The van der Waals surface area contributed by atoms with Gasteiger partial charge in [0.05, 0.1) is 11.8 Å². The van der Waals surface area contributed by atoms with Gasteiger partial charge in [-0.3, -0.25) is 0 Å². The van der Waals surface area contributed by atoms with E-state index < -0.39 is 0 Å². The number of alkyl halides is 1. The van der Waals surface area contributed by atoms with Crippen LogP contribution >= 0.6 is 15.9 Å². The number of benzene rings is 1. The molecule has 1 aliphatic heterocycles. The molecule has 1 atom stereocenters. The molecule has 0 bridgehead atoms. The molecule has 0 aromatic heterocycles. The minimum absolute atomic E-state index is 0.140. The molecule has 0 radical (unpaired) electrons. The van der Waals surface area contributed by atoms with Gasteiger partial charge in [-0.15, -0.1) is 0 Å². The lowest BCUT2D eigenvalue weighted by Gasteiger charge is -2.33. The normalized spacial score (nSPS) is 20.6. The van der Waals surface area contributed by atoms with Crippen LogP contribution < -0.4 is 4.90 Å². The molecule has 94 valence electrons. The molecule has 1 saturated heterocycles. The van der Waals surface area contributed by atoms with E-state index in [4.69, 9.17) is 4.74 Å². The van der Waals surface area contributed by atoms with Gasteiger partial charge < -0.3 is 9.64 Å². The molecule has 2 rings (SSSR count). The number of piperidine rings is 1. The van der Waals surface area contributed by atoms with Gasteiger partial charge in [0.1, 0.15) is 5.82 Å². The van der Waals surface area contributed by atoms with Crippen LogP contribution in [0.5, 0.6) is 0 Å². The number of hydrogen-bond acceptors (Lipinski definition) is 2. The molecule has 1 aromatic carbocycles. The highest BCUT2D eigenvalue weighted by Crippen LogP contribution is 2.25. The number of halogens is 2. The SMILES string of the molecule is COC1CCCN(c2ccc(CBr)cc2F)C1. The largest absolute Gasteiger partial charge is 0.380 e. The highest BCUT2D eigenvalue weighted by molar-refractivity contribution is 9.08. The number of hydrogen-bond donors (Lipinski definition) is 0. The first-order chi connectivity index (χ1) is 8.24. The Balaban J connectivity index is 2.16. The van der Waals surface area contributed by atoms with Crippen LogP contribution in [0.4, 0.5) is 10.1 Å². The van der Waals surface area contributed by atoms with E-state index in [-0.39, 0.29) is 11.9 Å². The lowest BCUT2D eigenvalue weighted by atomic mass is 10.1. The van der Waals surface area contributed by atoms with Gasteiger partial charge in [0.25, 0.3) is 0 Å². The van der Waals surface area contributed by atoms with Gasteiger partial charge in [-0.1, -0.05) is 22.0 Å². The van der Waals surface area contributed by atoms with Gasteiger partial charge in [-0.2, -0.15) is 0 Å². The Morgan fingerprint density at radius 1 is 1.53 bits per heavy atom.